The van der Waals surface area contributed by atoms with Crippen molar-refractivity contribution in [3.8, 4) is 5.75 Å². The molecule has 1 N–H and O–H groups in total. The van der Waals surface area contributed by atoms with Crippen molar-refractivity contribution in [2.24, 2.45) is 0 Å². The Balaban J connectivity index is 1.64. The second kappa shape index (κ2) is 7.97. The van der Waals surface area contributed by atoms with Gasteiger partial charge in [0.2, 0.25) is 0 Å². The molecule has 5 heteroatoms. The summed E-state index contributed by atoms with van der Waals surface area (Å²) in [5.74, 6) is 0.284. The average Bonchev–Trinajstić information content (AvgIpc) is 2.66. The van der Waals surface area contributed by atoms with Crippen molar-refractivity contribution >= 4 is 16.8 Å². The van der Waals surface area contributed by atoms with E-state index in [1.807, 2.05) is 61.5 Å². The van der Waals surface area contributed by atoms with Gasteiger partial charge in [0.25, 0.3) is 5.91 Å². The van der Waals surface area contributed by atoms with Crippen LogP contribution in [0.15, 0.2) is 60.8 Å². The standard InChI is InChI=1S/C21H22N2O3/c1-15-7-3-4-11-19(15)26-14-18(24)21(25)23(2)13-17-9-5-8-16-10-6-12-22-20(16)17/h3-12,18,24H,13-14H2,1-2H3. The first-order valence-electron chi connectivity index (χ1n) is 8.50. The maximum absolute atomic E-state index is 12.5. The summed E-state index contributed by atoms with van der Waals surface area (Å²) in [4.78, 5) is 18.4. The van der Waals surface area contributed by atoms with Crippen molar-refractivity contribution in [3.63, 3.8) is 0 Å². The van der Waals surface area contributed by atoms with Gasteiger partial charge in [-0.15, -0.1) is 0 Å². The van der Waals surface area contributed by atoms with Gasteiger partial charge in [-0.2, -0.15) is 0 Å². The zero-order valence-corrected chi connectivity index (χ0v) is 14.9. The molecule has 0 radical (unpaired) electrons. The van der Waals surface area contributed by atoms with E-state index in [1.54, 1.807) is 13.2 Å². The van der Waals surface area contributed by atoms with Crippen molar-refractivity contribution in [2.45, 2.75) is 19.6 Å². The Bertz CT molecular complexity index is 905. The van der Waals surface area contributed by atoms with E-state index in [4.69, 9.17) is 4.74 Å². The lowest BCUT2D eigenvalue weighted by atomic mass is 10.1. The predicted octanol–water partition coefficient (Wildman–Crippen LogP) is 2.94. The molecule has 1 amide bonds. The number of rotatable bonds is 6. The zero-order valence-electron chi connectivity index (χ0n) is 14.9. The first kappa shape index (κ1) is 17.9. The molecule has 1 atom stereocenters. The molecule has 134 valence electrons. The molecule has 1 unspecified atom stereocenters. The fraction of sp³-hybridized carbons (Fsp3) is 0.238. The topological polar surface area (TPSA) is 62.7 Å². The summed E-state index contributed by atoms with van der Waals surface area (Å²) in [6.07, 6.45) is 0.515. The third kappa shape index (κ3) is 4.00. The number of carbonyl (C=O) groups excluding carboxylic acids is 1. The number of pyridine rings is 1. The number of carbonyl (C=O) groups is 1. The molecule has 3 rings (SSSR count). The second-order valence-electron chi connectivity index (χ2n) is 6.28. The van der Waals surface area contributed by atoms with Crippen molar-refractivity contribution < 1.29 is 14.6 Å². The van der Waals surface area contributed by atoms with Crippen LogP contribution in [0, 0.1) is 6.92 Å². The number of benzene rings is 2. The lowest BCUT2D eigenvalue weighted by molar-refractivity contribution is -0.140. The summed E-state index contributed by atoms with van der Waals surface area (Å²) < 4.78 is 5.58. The number of likely N-dealkylation sites (N-methyl/N-ethyl adjacent to an activating group) is 1. The number of hydrogen-bond donors (Lipinski definition) is 1. The Morgan fingerprint density at radius 3 is 2.73 bits per heavy atom. The quantitative estimate of drug-likeness (QED) is 0.742. The molecule has 3 aromatic rings. The number of ether oxygens (including phenoxy) is 1. The lowest BCUT2D eigenvalue weighted by Gasteiger charge is -2.21. The molecule has 5 nitrogen and oxygen atoms in total. The number of amides is 1. The second-order valence-corrected chi connectivity index (χ2v) is 6.28. The molecule has 0 spiro atoms. The summed E-state index contributed by atoms with van der Waals surface area (Å²) in [6.45, 7) is 2.21. The van der Waals surface area contributed by atoms with Gasteiger partial charge in [0.1, 0.15) is 12.4 Å². The number of aliphatic hydroxyl groups is 1. The molecule has 0 fully saturated rings. The molecular formula is C21H22N2O3. The number of fused-ring (bicyclic) bond motifs is 1. The summed E-state index contributed by atoms with van der Waals surface area (Å²) in [6, 6.07) is 17.2. The number of aromatic nitrogens is 1. The van der Waals surface area contributed by atoms with Gasteiger partial charge in [0.05, 0.1) is 5.52 Å². The van der Waals surface area contributed by atoms with Crippen LogP contribution >= 0.6 is 0 Å². The summed E-state index contributed by atoms with van der Waals surface area (Å²) >= 11 is 0. The molecule has 1 heterocycles. The van der Waals surface area contributed by atoms with Crippen LogP contribution < -0.4 is 4.74 Å². The number of hydrogen-bond acceptors (Lipinski definition) is 4. The summed E-state index contributed by atoms with van der Waals surface area (Å²) in [5, 5.41) is 11.2. The third-order valence-corrected chi connectivity index (χ3v) is 4.28. The van der Waals surface area contributed by atoms with E-state index >= 15 is 0 Å². The first-order chi connectivity index (χ1) is 12.6. The maximum Gasteiger partial charge on any atom is 0.255 e. The van der Waals surface area contributed by atoms with Crippen LogP contribution in [0.4, 0.5) is 0 Å². The molecule has 0 bridgehead atoms. The normalized spacial score (nSPS) is 12.0. The Morgan fingerprint density at radius 2 is 1.92 bits per heavy atom. The maximum atomic E-state index is 12.5. The molecule has 0 aliphatic carbocycles. The van der Waals surface area contributed by atoms with Crippen LogP contribution in [0.1, 0.15) is 11.1 Å². The lowest BCUT2D eigenvalue weighted by Crippen LogP contribution is -2.39. The highest BCUT2D eigenvalue weighted by Crippen LogP contribution is 2.18. The Kier molecular flexibility index (Phi) is 5.49. The summed E-state index contributed by atoms with van der Waals surface area (Å²) in [5.41, 5.74) is 2.76. The van der Waals surface area contributed by atoms with E-state index in [0.29, 0.717) is 12.3 Å². The van der Waals surface area contributed by atoms with Crippen molar-refractivity contribution in [1.82, 2.24) is 9.88 Å². The zero-order chi connectivity index (χ0) is 18.5. The van der Waals surface area contributed by atoms with Gasteiger partial charge in [0, 0.05) is 25.2 Å². The number of nitrogens with zero attached hydrogens (tertiary/aromatic N) is 2. The fourth-order valence-corrected chi connectivity index (χ4v) is 2.84. The Labute approximate surface area is 152 Å². The van der Waals surface area contributed by atoms with E-state index in [2.05, 4.69) is 4.98 Å². The largest absolute Gasteiger partial charge is 0.490 e. The van der Waals surface area contributed by atoms with E-state index < -0.39 is 6.10 Å². The monoisotopic (exact) mass is 350 g/mol. The summed E-state index contributed by atoms with van der Waals surface area (Å²) in [7, 11) is 1.67. The fourth-order valence-electron chi connectivity index (χ4n) is 2.84. The first-order valence-corrected chi connectivity index (χ1v) is 8.50. The van der Waals surface area contributed by atoms with Crippen LogP contribution in [0.3, 0.4) is 0 Å². The molecule has 26 heavy (non-hydrogen) atoms. The van der Waals surface area contributed by atoms with E-state index in [1.165, 1.54) is 4.90 Å². The molecule has 0 aliphatic heterocycles. The Hall–Kier alpha value is -2.92. The van der Waals surface area contributed by atoms with E-state index in [-0.39, 0.29) is 12.5 Å². The third-order valence-electron chi connectivity index (χ3n) is 4.28. The van der Waals surface area contributed by atoms with Gasteiger partial charge in [0.15, 0.2) is 6.10 Å². The van der Waals surface area contributed by atoms with Gasteiger partial charge in [-0.25, -0.2) is 0 Å². The van der Waals surface area contributed by atoms with Crippen LogP contribution in [-0.2, 0) is 11.3 Å². The highest BCUT2D eigenvalue weighted by molar-refractivity contribution is 5.83. The minimum Gasteiger partial charge on any atom is -0.490 e. The van der Waals surface area contributed by atoms with Gasteiger partial charge in [-0.3, -0.25) is 9.78 Å². The molecule has 0 saturated carbocycles. The number of para-hydroxylation sites is 2. The van der Waals surface area contributed by atoms with Crippen molar-refractivity contribution in [3.05, 3.63) is 71.9 Å². The molecule has 0 aliphatic rings. The smallest absolute Gasteiger partial charge is 0.255 e. The number of aryl methyl sites for hydroxylation is 1. The highest BCUT2D eigenvalue weighted by Gasteiger charge is 2.21. The van der Waals surface area contributed by atoms with Gasteiger partial charge >= 0.3 is 0 Å². The Morgan fingerprint density at radius 1 is 1.15 bits per heavy atom. The minimum atomic E-state index is -1.22. The van der Waals surface area contributed by atoms with Crippen molar-refractivity contribution in [1.29, 1.82) is 0 Å². The van der Waals surface area contributed by atoms with Crippen molar-refractivity contribution in [2.75, 3.05) is 13.7 Å². The van der Waals surface area contributed by atoms with Gasteiger partial charge in [-0.1, -0.05) is 42.5 Å². The predicted molar refractivity (Wildman–Crippen MR) is 101 cm³/mol. The van der Waals surface area contributed by atoms with Crippen LogP contribution in [0.2, 0.25) is 0 Å². The highest BCUT2D eigenvalue weighted by atomic mass is 16.5. The van der Waals surface area contributed by atoms with E-state index in [9.17, 15) is 9.90 Å². The van der Waals surface area contributed by atoms with E-state index in [0.717, 1.165) is 22.0 Å². The molecule has 1 aromatic heterocycles. The number of aliphatic hydroxyl groups excluding tert-OH is 1. The molecule has 0 saturated heterocycles. The average molecular weight is 350 g/mol. The minimum absolute atomic E-state index is 0.0815. The molecule has 2 aromatic carbocycles. The van der Waals surface area contributed by atoms with Crippen LogP contribution in [0.25, 0.3) is 10.9 Å². The van der Waals surface area contributed by atoms with Crippen LogP contribution in [0.5, 0.6) is 5.75 Å². The van der Waals surface area contributed by atoms with Gasteiger partial charge < -0.3 is 14.7 Å². The van der Waals surface area contributed by atoms with Gasteiger partial charge in [-0.05, 0) is 30.2 Å². The molecular weight excluding hydrogens is 328 g/mol. The SMILES string of the molecule is Cc1ccccc1OCC(O)C(=O)N(C)Cc1cccc2cccnc12. The van der Waals surface area contributed by atoms with Crippen LogP contribution in [-0.4, -0.2) is 40.7 Å².